The Kier molecular flexibility index (Phi) is 6.77. The van der Waals surface area contributed by atoms with Gasteiger partial charge in [-0.25, -0.2) is 4.79 Å². The number of nitrogens with zero attached hydrogens (tertiary/aromatic N) is 5. The number of oxazole rings is 1. The Balaban J connectivity index is 1.56. The summed E-state index contributed by atoms with van der Waals surface area (Å²) in [4.78, 5) is 18.6. The van der Waals surface area contributed by atoms with Gasteiger partial charge >= 0.3 is 5.97 Å². The summed E-state index contributed by atoms with van der Waals surface area (Å²) in [6.07, 6.45) is 0.909. The number of nitrogens with one attached hydrogen (secondary N) is 1. The van der Waals surface area contributed by atoms with Crippen molar-refractivity contribution in [2.75, 3.05) is 18.1 Å². The van der Waals surface area contributed by atoms with Crippen molar-refractivity contribution in [3.63, 3.8) is 0 Å². The van der Waals surface area contributed by atoms with Crippen LogP contribution in [0.1, 0.15) is 42.1 Å². The monoisotopic (exact) mass is 446 g/mol. The van der Waals surface area contributed by atoms with Gasteiger partial charge in [-0.05, 0) is 42.2 Å². The molecule has 0 atom stereocenters. The number of benzene rings is 2. The summed E-state index contributed by atoms with van der Waals surface area (Å²) < 4.78 is 10.8. The number of hydrogen-bond acceptors (Lipinski definition) is 8. The number of H-pyrrole nitrogens is 1. The third-order valence-electron chi connectivity index (χ3n) is 5.16. The quantitative estimate of drug-likeness (QED) is 0.376. The first-order chi connectivity index (χ1) is 16.1. The maximum Gasteiger partial charge on any atom is 0.376 e. The van der Waals surface area contributed by atoms with Crippen LogP contribution in [-0.2, 0) is 11.3 Å². The number of rotatable bonds is 9. The normalized spacial score (nSPS) is 10.9. The fourth-order valence-electron chi connectivity index (χ4n) is 3.63. The van der Waals surface area contributed by atoms with E-state index in [1.165, 1.54) is 0 Å². The Morgan fingerprint density at radius 2 is 1.85 bits per heavy atom. The zero-order valence-corrected chi connectivity index (χ0v) is 18.9. The van der Waals surface area contributed by atoms with Crippen LogP contribution in [0.15, 0.2) is 52.9 Å². The molecule has 4 aromatic rings. The first-order valence-electron chi connectivity index (χ1n) is 10.9. The molecule has 0 unspecified atom stereocenters. The van der Waals surface area contributed by atoms with Gasteiger partial charge in [-0.3, -0.25) is 0 Å². The Labute approximate surface area is 191 Å². The van der Waals surface area contributed by atoms with E-state index in [4.69, 9.17) is 9.15 Å². The maximum absolute atomic E-state index is 12.1. The van der Waals surface area contributed by atoms with Crippen LogP contribution in [0.25, 0.3) is 22.5 Å². The lowest BCUT2D eigenvalue weighted by atomic mass is 9.98. The molecule has 0 aliphatic heterocycles. The van der Waals surface area contributed by atoms with Gasteiger partial charge in [0.25, 0.3) is 6.01 Å². The minimum atomic E-state index is -0.491. The lowest BCUT2D eigenvalue weighted by Crippen LogP contribution is -2.23. The van der Waals surface area contributed by atoms with Crippen molar-refractivity contribution in [3.05, 3.63) is 65.5 Å². The zero-order valence-electron chi connectivity index (χ0n) is 18.9. The smallest absolute Gasteiger partial charge is 0.376 e. The molecule has 0 amide bonds. The number of hydrogen-bond donors (Lipinski definition) is 1. The predicted octanol–water partition coefficient (Wildman–Crippen LogP) is 4.42. The van der Waals surface area contributed by atoms with Crippen molar-refractivity contribution in [1.29, 1.82) is 0 Å². The summed E-state index contributed by atoms with van der Waals surface area (Å²) in [6.45, 7) is 7.23. The van der Waals surface area contributed by atoms with Gasteiger partial charge in [-0.2, -0.15) is 10.2 Å². The van der Waals surface area contributed by atoms with E-state index in [0.29, 0.717) is 24.1 Å². The van der Waals surface area contributed by atoms with Gasteiger partial charge in [0.2, 0.25) is 11.6 Å². The topological polar surface area (TPSA) is 110 Å². The van der Waals surface area contributed by atoms with Crippen LogP contribution < -0.4 is 4.90 Å². The molecule has 9 heteroatoms. The molecule has 0 fully saturated rings. The van der Waals surface area contributed by atoms with E-state index < -0.39 is 5.97 Å². The molecular weight excluding hydrogens is 420 g/mol. The maximum atomic E-state index is 12.1. The second-order valence-corrected chi connectivity index (χ2v) is 7.53. The van der Waals surface area contributed by atoms with Crippen molar-refractivity contribution in [2.24, 2.45) is 0 Å². The average molecular weight is 447 g/mol. The van der Waals surface area contributed by atoms with Crippen molar-refractivity contribution < 1.29 is 13.9 Å². The number of carbonyl (C=O) groups excluding carboxylic acids is 1. The highest BCUT2D eigenvalue weighted by Crippen LogP contribution is 2.30. The molecule has 0 saturated heterocycles. The summed E-state index contributed by atoms with van der Waals surface area (Å²) in [5.74, 6) is 0.219. The molecule has 0 aliphatic rings. The number of aromatic amines is 1. The van der Waals surface area contributed by atoms with Gasteiger partial charge in [-0.1, -0.05) is 55.5 Å². The largest absolute Gasteiger partial charge is 0.460 e. The Hall–Kier alpha value is -4.01. The number of esters is 1. The van der Waals surface area contributed by atoms with E-state index in [-0.39, 0.29) is 12.4 Å². The first kappa shape index (κ1) is 22.2. The zero-order chi connectivity index (χ0) is 23.2. The summed E-state index contributed by atoms with van der Waals surface area (Å²) >= 11 is 0. The van der Waals surface area contributed by atoms with Crippen LogP contribution >= 0.6 is 0 Å². The number of tetrazole rings is 1. The molecule has 2 aromatic heterocycles. The van der Waals surface area contributed by atoms with Crippen LogP contribution in [0, 0.1) is 6.92 Å². The standard InChI is InChI=1S/C24H26N6O3/c1-4-14-30(24-25-16(3)21(33-24)23(31)32-5-2)15-17-10-12-18(13-11-17)19-8-6-7-9-20(19)22-26-28-29-27-22/h6-13H,4-5,14-15H2,1-3H3,(H,26,27,28,29). The van der Waals surface area contributed by atoms with Crippen molar-refractivity contribution in [2.45, 2.75) is 33.7 Å². The fourth-order valence-corrected chi connectivity index (χ4v) is 3.63. The number of ether oxygens (including phenoxy) is 1. The van der Waals surface area contributed by atoms with E-state index in [2.05, 4.69) is 56.8 Å². The highest BCUT2D eigenvalue weighted by atomic mass is 16.5. The second-order valence-electron chi connectivity index (χ2n) is 7.53. The summed E-state index contributed by atoms with van der Waals surface area (Å²) in [7, 11) is 0. The predicted molar refractivity (Wildman–Crippen MR) is 124 cm³/mol. The Morgan fingerprint density at radius 1 is 1.09 bits per heavy atom. The molecule has 0 bridgehead atoms. The van der Waals surface area contributed by atoms with Gasteiger partial charge in [0, 0.05) is 18.7 Å². The van der Waals surface area contributed by atoms with Gasteiger partial charge in [0.1, 0.15) is 0 Å². The molecule has 2 heterocycles. The molecule has 1 N–H and O–H groups in total. The summed E-state index contributed by atoms with van der Waals surface area (Å²) in [5.41, 5.74) is 4.61. The Bertz CT molecular complexity index is 1200. The average Bonchev–Trinajstić information content (AvgIpc) is 3.50. The Morgan fingerprint density at radius 3 is 2.52 bits per heavy atom. The molecule has 2 aromatic carbocycles. The highest BCUT2D eigenvalue weighted by Gasteiger charge is 2.22. The van der Waals surface area contributed by atoms with Crippen LogP contribution in [0.2, 0.25) is 0 Å². The van der Waals surface area contributed by atoms with Crippen LogP contribution in [-0.4, -0.2) is 44.7 Å². The van der Waals surface area contributed by atoms with Gasteiger partial charge in [0.05, 0.1) is 12.3 Å². The molecule has 4 rings (SSSR count). The van der Waals surface area contributed by atoms with Crippen LogP contribution in [0.3, 0.4) is 0 Å². The van der Waals surface area contributed by atoms with Gasteiger partial charge in [0.15, 0.2) is 0 Å². The molecule has 0 spiro atoms. The van der Waals surface area contributed by atoms with Gasteiger partial charge < -0.3 is 14.1 Å². The molecule has 9 nitrogen and oxygen atoms in total. The molecular formula is C24H26N6O3. The number of anilines is 1. The lowest BCUT2D eigenvalue weighted by Gasteiger charge is -2.20. The van der Waals surface area contributed by atoms with E-state index in [1.807, 2.05) is 29.2 Å². The minimum Gasteiger partial charge on any atom is -0.460 e. The third-order valence-corrected chi connectivity index (χ3v) is 5.16. The number of aromatic nitrogens is 5. The van der Waals surface area contributed by atoms with E-state index in [0.717, 1.165) is 35.2 Å². The summed E-state index contributed by atoms with van der Waals surface area (Å²) in [5, 5.41) is 14.4. The first-order valence-corrected chi connectivity index (χ1v) is 10.9. The molecule has 0 saturated carbocycles. The van der Waals surface area contributed by atoms with Crippen LogP contribution in [0.4, 0.5) is 6.01 Å². The summed E-state index contributed by atoms with van der Waals surface area (Å²) in [6, 6.07) is 16.7. The van der Waals surface area contributed by atoms with E-state index in [1.54, 1.807) is 13.8 Å². The molecule has 0 radical (unpaired) electrons. The SMILES string of the molecule is CCCN(Cc1ccc(-c2ccccc2-c2nn[nH]n2)cc1)c1nc(C)c(C(=O)OCC)o1. The minimum absolute atomic E-state index is 0.154. The third kappa shape index (κ3) is 4.92. The second kappa shape index (κ2) is 10.1. The van der Waals surface area contributed by atoms with Gasteiger partial charge in [-0.15, -0.1) is 10.2 Å². The van der Waals surface area contributed by atoms with Crippen LogP contribution in [0.5, 0.6) is 0 Å². The highest BCUT2D eigenvalue weighted by molar-refractivity contribution is 5.87. The molecule has 170 valence electrons. The van der Waals surface area contributed by atoms with E-state index >= 15 is 0 Å². The van der Waals surface area contributed by atoms with Crippen molar-refractivity contribution in [3.8, 4) is 22.5 Å². The number of aryl methyl sites for hydroxylation is 1. The number of carbonyl (C=O) groups is 1. The molecule has 0 aliphatic carbocycles. The lowest BCUT2D eigenvalue weighted by molar-refractivity contribution is 0.0489. The fraction of sp³-hybridized carbons (Fsp3) is 0.292. The van der Waals surface area contributed by atoms with Crippen molar-refractivity contribution in [1.82, 2.24) is 25.6 Å². The van der Waals surface area contributed by atoms with E-state index in [9.17, 15) is 4.79 Å². The molecule has 33 heavy (non-hydrogen) atoms. The van der Waals surface area contributed by atoms with Crippen molar-refractivity contribution >= 4 is 12.0 Å².